The molecule has 0 aromatic rings. The van der Waals surface area contributed by atoms with Crippen molar-refractivity contribution in [3.05, 3.63) is 0 Å². The van der Waals surface area contributed by atoms with E-state index in [0.29, 0.717) is 6.42 Å². The summed E-state index contributed by atoms with van der Waals surface area (Å²) < 4.78 is 5.22. The third-order valence-corrected chi connectivity index (χ3v) is 1.86. The molecule has 1 aliphatic heterocycles. The van der Waals surface area contributed by atoms with Crippen LogP contribution in [0.3, 0.4) is 0 Å². The van der Waals surface area contributed by atoms with Crippen LogP contribution in [0.5, 0.6) is 0 Å². The summed E-state index contributed by atoms with van der Waals surface area (Å²) in [6.07, 6.45) is 0.614. The Labute approximate surface area is 78.2 Å². The monoisotopic (exact) mass is 184 g/mol. The Morgan fingerprint density at radius 1 is 1.54 bits per heavy atom. The van der Waals surface area contributed by atoms with Crippen LogP contribution in [0, 0.1) is 5.41 Å². The van der Waals surface area contributed by atoms with Crippen LogP contribution in [0.15, 0.2) is 4.99 Å². The Morgan fingerprint density at radius 3 is 2.38 bits per heavy atom. The fourth-order valence-corrected chi connectivity index (χ4v) is 1.64. The summed E-state index contributed by atoms with van der Waals surface area (Å²) in [5, 5.41) is 0. The largest absolute Gasteiger partial charge is 0.449 e. The second-order valence-corrected chi connectivity index (χ2v) is 4.83. The highest BCUT2D eigenvalue weighted by Crippen LogP contribution is 2.32. The predicted molar refractivity (Wildman–Crippen MR) is 50.2 cm³/mol. The van der Waals surface area contributed by atoms with Crippen molar-refractivity contribution in [3.63, 3.8) is 0 Å². The number of carbonyl (C=O) groups excluding carboxylic acids is 1. The second kappa shape index (κ2) is 2.72. The summed E-state index contributed by atoms with van der Waals surface area (Å²) in [4.78, 5) is 15.0. The van der Waals surface area contributed by atoms with Crippen molar-refractivity contribution in [1.82, 2.24) is 0 Å². The summed E-state index contributed by atoms with van der Waals surface area (Å²) in [6.45, 7) is 7.86. The van der Waals surface area contributed by atoms with Crippen LogP contribution >= 0.6 is 0 Å². The Morgan fingerprint density at radius 2 is 2.08 bits per heavy atom. The Bertz CT molecular complexity index is 265. The van der Waals surface area contributed by atoms with Gasteiger partial charge >= 0.3 is 0 Å². The predicted octanol–water partition coefficient (Wildman–Crippen LogP) is 1.05. The summed E-state index contributed by atoms with van der Waals surface area (Å²) >= 11 is 0. The summed E-state index contributed by atoms with van der Waals surface area (Å²) in [6, 6.07) is -0.0169. The Kier molecular flexibility index (Phi) is 2.10. The van der Waals surface area contributed by atoms with Crippen LogP contribution in [0.25, 0.3) is 0 Å². The third kappa shape index (κ3) is 2.20. The molecule has 13 heavy (non-hydrogen) atoms. The molecule has 0 radical (unpaired) electrons. The molecule has 1 aliphatic rings. The van der Waals surface area contributed by atoms with Gasteiger partial charge in [0.25, 0.3) is 11.9 Å². The van der Waals surface area contributed by atoms with Gasteiger partial charge in [0.15, 0.2) is 5.60 Å². The maximum atomic E-state index is 11.4. The maximum Gasteiger partial charge on any atom is 0.294 e. The summed E-state index contributed by atoms with van der Waals surface area (Å²) in [7, 11) is 0. The van der Waals surface area contributed by atoms with Crippen molar-refractivity contribution in [1.29, 1.82) is 0 Å². The molecule has 0 aromatic carbocycles. The van der Waals surface area contributed by atoms with E-state index in [-0.39, 0.29) is 17.3 Å². The lowest BCUT2D eigenvalue weighted by Gasteiger charge is -2.28. The van der Waals surface area contributed by atoms with Crippen molar-refractivity contribution < 1.29 is 9.53 Å². The minimum absolute atomic E-state index is 0.0169. The molecule has 0 saturated heterocycles. The Balaban J connectivity index is 2.76. The molecule has 4 heteroatoms. The van der Waals surface area contributed by atoms with Gasteiger partial charge in [0.2, 0.25) is 0 Å². The first kappa shape index (κ1) is 10.0. The van der Waals surface area contributed by atoms with E-state index in [1.807, 2.05) is 20.8 Å². The average Bonchev–Trinajstić information content (AvgIpc) is 2.00. The first-order chi connectivity index (χ1) is 5.73. The lowest BCUT2D eigenvalue weighted by molar-refractivity contribution is -0.131. The molecule has 1 rings (SSSR count). The molecule has 1 amide bonds. The molecule has 74 valence electrons. The lowest BCUT2D eigenvalue weighted by Crippen LogP contribution is -2.38. The van der Waals surface area contributed by atoms with E-state index in [1.54, 1.807) is 6.92 Å². The highest BCUT2D eigenvalue weighted by Gasteiger charge is 2.44. The molecule has 2 N–H and O–H groups in total. The highest BCUT2D eigenvalue weighted by molar-refractivity contribution is 6.00. The zero-order chi connectivity index (χ0) is 10.3. The molecule has 4 nitrogen and oxygen atoms in total. The van der Waals surface area contributed by atoms with Crippen LogP contribution in [0.2, 0.25) is 0 Å². The minimum atomic E-state index is -0.859. The number of nitrogens with two attached hydrogens (primary N) is 1. The molecule has 0 fully saturated rings. The van der Waals surface area contributed by atoms with Gasteiger partial charge in [0, 0.05) is 6.42 Å². The summed E-state index contributed by atoms with van der Waals surface area (Å²) in [5.74, 6) is -0.278. The molecule has 1 atom stereocenters. The normalized spacial score (nSPS) is 28.6. The van der Waals surface area contributed by atoms with E-state index >= 15 is 0 Å². The number of amidine groups is 1. The van der Waals surface area contributed by atoms with Gasteiger partial charge in [0.05, 0.1) is 0 Å². The van der Waals surface area contributed by atoms with E-state index in [1.165, 1.54) is 0 Å². The second-order valence-electron chi connectivity index (χ2n) is 4.83. The van der Waals surface area contributed by atoms with Gasteiger partial charge in [-0.05, 0) is 12.3 Å². The van der Waals surface area contributed by atoms with Gasteiger partial charge in [-0.1, -0.05) is 20.8 Å². The summed E-state index contributed by atoms with van der Waals surface area (Å²) in [5.41, 5.74) is 4.49. The van der Waals surface area contributed by atoms with Crippen LogP contribution < -0.4 is 5.73 Å². The molecular formula is C9H16N2O2. The molecule has 0 bridgehead atoms. The number of aliphatic imine (C=N–C) groups is 1. The van der Waals surface area contributed by atoms with Gasteiger partial charge in [-0.25, -0.2) is 0 Å². The third-order valence-electron chi connectivity index (χ3n) is 1.86. The molecular weight excluding hydrogens is 168 g/mol. The SMILES string of the molecule is CC(C)(C)CC1(C)OC(N)=NC1=O. The molecule has 0 saturated carbocycles. The number of hydrogen-bond donors (Lipinski definition) is 1. The van der Waals surface area contributed by atoms with E-state index in [9.17, 15) is 4.79 Å². The number of rotatable bonds is 1. The van der Waals surface area contributed by atoms with E-state index in [2.05, 4.69) is 4.99 Å². The molecule has 0 aromatic heterocycles. The maximum absolute atomic E-state index is 11.4. The minimum Gasteiger partial charge on any atom is -0.449 e. The van der Waals surface area contributed by atoms with Crippen LogP contribution in [-0.2, 0) is 9.53 Å². The smallest absolute Gasteiger partial charge is 0.294 e. The number of carbonyl (C=O) groups is 1. The first-order valence-corrected chi connectivity index (χ1v) is 4.31. The number of ether oxygens (including phenoxy) is 1. The fourth-order valence-electron chi connectivity index (χ4n) is 1.64. The topological polar surface area (TPSA) is 64.7 Å². The average molecular weight is 184 g/mol. The molecule has 0 spiro atoms. The molecule has 0 aliphatic carbocycles. The van der Waals surface area contributed by atoms with Crippen molar-refractivity contribution in [2.75, 3.05) is 0 Å². The van der Waals surface area contributed by atoms with Crippen molar-refractivity contribution in [3.8, 4) is 0 Å². The fraction of sp³-hybridized carbons (Fsp3) is 0.778. The van der Waals surface area contributed by atoms with E-state index in [4.69, 9.17) is 10.5 Å². The quantitative estimate of drug-likeness (QED) is 0.662. The zero-order valence-corrected chi connectivity index (χ0v) is 8.55. The highest BCUT2D eigenvalue weighted by atomic mass is 16.5. The van der Waals surface area contributed by atoms with Crippen LogP contribution in [-0.4, -0.2) is 17.5 Å². The standard InChI is InChI=1S/C9H16N2O2/c1-8(2,3)5-9(4)6(12)11-7(10)13-9/h5H2,1-4H3,(H2,10,11,12). The van der Waals surface area contributed by atoms with Gasteiger partial charge in [-0.15, -0.1) is 0 Å². The first-order valence-electron chi connectivity index (χ1n) is 4.31. The van der Waals surface area contributed by atoms with Crippen molar-refractivity contribution >= 4 is 11.9 Å². The molecule has 1 heterocycles. The van der Waals surface area contributed by atoms with Crippen LogP contribution in [0.1, 0.15) is 34.1 Å². The van der Waals surface area contributed by atoms with Crippen molar-refractivity contribution in [2.24, 2.45) is 16.1 Å². The van der Waals surface area contributed by atoms with Gasteiger partial charge in [0.1, 0.15) is 0 Å². The van der Waals surface area contributed by atoms with Gasteiger partial charge in [-0.3, -0.25) is 4.79 Å². The number of nitrogens with zero attached hydrogens (tertiary/aromatic N) is 1. The van der Waals surface area contributed by atoms with Crippen molar-refractivity contribution in [2.45, 2.75) is 39.7 Å². The van der Waals surface area contributed by atoms with Gasteiger partial charge < -0.3 is 10.5 Å². The Hall–Kier alpha value is -1.06. The van der Waals surface area contributed by atoms with E-state index in [0.717, 1.165) is 0 Å². The number of amides is 1. The molecule has 1 unspecified atom stereocenters. The zero-order valence-electron chi connectivity index (χ0n) is 8.55. The number of hydrogen-bond acceptors (Lipinski definition) is 3. The van der Waals surface area contributed by atoms with E-state index < -0.39 is 5.60 Å². The lowest BCUT2D eigenvalue weighted by atomic mass is 9.82. The van der Waals surface area contributed by atoms with Crippen LogP contribution in [0.4, 0.5) is 0 Å². The van der Waals surface area contributed by atoms with Gasteiger partial charge in [-0.2, -0.15) is 4.99 Å².